The van der Waals surface area contributed by atoms with Gasteiger partial charge >= 0.3 is 0 Å². The van der Waals surface area contributed by atoms with E-state index < -0.39 is 0 Å². The maximum atomic E-state index is 12.2. The van der Waals surface area contributed by atoms with Crippen LogP contribution in [0.15, 0.2) is 12.2 Å². The molecule has 0 saturated heterocycles. The summed E-state index contributed by atoms with van der Waals surface area (Å²) >= 11 is 0. The zero-order chi connectivity index (χ0) is 11.5. The Balaban J connectivity index is 2.58. The Kier molecular flexibility index (Phi) is 3.75. The summed E-state index contributed by atoms with van der Waals surface area (Å²) in [5.41, 5.74) is -0.179. The van der Waals surface area contributed by atoms with Gasteiger partial charge < -0.3 is 0 Å². The van der Waals surface area contributed by atoms with E-state index >= 15 is 0 Å². The second-order valence-corrected chi connectivity index (χ2v) is 5.74. The van der Waals surface area contributed by atoms with E-state index in [0.717, 1.165) is 25.7 Å². The largest absolute Gasteiger partial charge is 0.298 e. The van der Waals surface area contributed by atoms with Gasteiger partial charge in [-0.05, 0) is 25.7 Å². The first kappa shape index (κ1) is 12.5. The Morgan fingerprint density at radius 2 is 1.87 bits per heavy atom. The van der Waals surface area contributed by atoms with Crippen molar-refractivity contribution >= 4 is 5.78 Å². The van der Waals surface area contributed by atoms with Gasteiger partial charge in [-0.1, -0.05) is 46.3 Å². The van der Waals surface area contributed by atoms with Crippen molar-refractivity contribution in [3.63, 3.8) is 0 Å². The molecule has 0 aromatic rings. The molecule has 0 amide bonds. The van der Waals surface area contributed by atoms with Crippen LogP contribution >= 0.6 is 0 Å². The van der Waals surface area contributed by atoms with Crippen molar-refractivity contribution in [1.29, 1.82) is 0 Å². The van der Waals surface area contributed by atoms with Gasteiger partial charge in [0, 0.05) is 10.8 Å². The van der Waals surface area contributed by atoms with Gasteiger partial charge in [0.25, 0.3) is 0 Å². The third kappa shape index (κ3) is 2.70. The van der Waals surface area contributed by atoms with Crippen LogP contribution in [0, 0.1) is 10.8 Å². The van der Waals surface area contributed by atoms with E-state index in [1.807, 2.05) is 0 Å². The SMILES string of the molecule is CCCC=CCC1(C)CCC(C)(C)C1=O. The second kappa shape index (κ2) is 4.51. The van der Waals surface area contributed by atoms with Crippen LogP contribution in [0.1, 0.15) is 59.8 Å². The van der Waals surface area contributed by atoms with Gasteiger partial charge in [0.05, 0.1) is 0 Å². The number of ketones is 1. The first-order chi connectivity index (χ1) is 6.92. The standard InChI is InChI=1S/C14H24O/c1-5-6-7-8-9-14(4)11-10-13(2,3)12(14)15/h7-8H,5-6,9-11H2,1-4H3. The predicted molar refractivity (Wildman–Crippen MR) is 64.8 cm³/mol. The minimum Gasteiger partial charge on any atom is -0.298 e. The fraction of sp³-hybridized carbons (Fsp3) is 0.786. The lowest BCUT2D eigenvalue weighted by Gasteiger charge is -2.23. The van der Waals surface area contributed by atoms with Gasteiger partial charge in [-0.25, -0.2) is 0 Å². The average molecular weight is 208 g/mol. The number of unbranched alkanes of at least 4 members (excludes halogenated alkanes) is 1. The van der Waals surface area contributed by atoms with E-state index in [1.54, 1.807) is 0 Å². The quantitative estimate of drug-likeness (QED) is 0.635. The predicted octanol–water partition coefficient (Wildman–Crippen LogP) is 4.13. The molecule has 0 heterocycles. The minimum atomic E-state index is -0.0899. The Morgan fingerprint density at radius 1 is 1.20 bits per heavy atom. The number of rotatable bonds is 4. The number of Topliss-reactive ketones (excluding diaryl/α,β-unsaturated/α-hetero) is 1. The molecule has 1 fully saturated rings. The molecule has 1 atom stereocenters. The molecule has 1 unspecified atom stereocenters. The summed E-state index contributed by atoms with van der Waals surface area (Å²) in [7, 11) is 0. The van der Waals surface area contributed by atoms with Crippen molar-refractivity contribution in [3.8, 4) is 0 Å². The number of carbonyl (C=O) groups is 1. The zero-order valence-electron chi connectivity index (χ0n) is 10.6. The highest BCUT2D eigenvalue weighted by Gasteiger charge is 2.47. The molecule has 0 aromatic heterocycles. The van der Waals surface area contributed by atoms with E-state index in [0.29, 0.717) is 5.78 Å². The van der Waals surface area contributed by atoms with Gasteiger partial charge in [-0.2, -0.15) is 0 Å². The number of hydrogen-bond donors (Lipinski definition) is 0. The highest BCUT2D eigenvalue weighted by Crippen LogP contribution is 2.47. The molecule has 0 bridgehead atoms. The van der Waals surface area contributed by atoms with Crippen LogP contribution < -0.4 is 0 Å². The molecule has 15 heavy (non-hydrogen) atoms. The first-order valence-electron chi connectivity index (χ1n) is 6.12. The van der Waals surface area contributed by atoms with E-state index in [9.17, 15) is 4.79 Å². The van der Waals surface area contributed by atoms with Crippen molar-refractivity contribution < 1.29 is 4.79 Å². The van der Waals surface area contributed by atoms with Gasteiger partial charge in [0.15, 0.2) is 0 Å². The van der Waals surface area contributed by atoms with Crippen LogP contribution in [0.3, 0.4) is 0 Å². The smallest absolute Gasteiger partial charge is 0.144 e. The molecule has 1 heteroatoms. The summed E-state index contributed by atoms with van der Waals surface area (Å²) < 4.78 is 0. The van der Waals surface area contributed by atoms with Gasteiger partial charge in [-0.3, -0.25) is 4.79 Å². The molecule has 1 rings (SSSR count). The van der Waals surface area contributed by atoms with Gasteiger partial charge in [0.2, 0.25) is 0 Å². The highest BCUT2D eigenvalue weighted by atomic mass is 16.1. The fourth-order valence-electron chi connectivity index (χ4n) is 2.46. The van der Waals surface area contributed by atoms with Crippen LogP contribution in [0.5, 0.6) is 0 Å². The topological polar surface area (TPSA) is 17.1 Å². The van der Waals surface area contributed by atoms with E-state index in [2.05, 4.69) is 39.8 Å². The summed E-state index contributed by atoms with van der Waals surface area (Å²) in [4.78, 5) is 12.2. The van der Waals surface area contributed by atoms with Crippen molar-refractivity contribution in [3.05, 3.63) is 12.2 Å². The molecule has 1 nitrogen and oxygen atoms in total. The van der Waals surface area contributed by atoms with Crippen LogP contribution in [0.4, 0.5) is 0 Å². The molecule has 0 aliphatic heterocycles. The number of carbonyl (C=O) groups excluding carboxylic acids is 1. The summed E-state index contributed by atoms with van der Waals surface area (Å²) in [6.07, 6.45) is 9.75. The number of allylic oxidation sites excluding steroid dienone is 2. The fourth-order valence-corrected chi connectivity index (χ4v) is 2.46. The third-order valence-electron chi connectivity index (χ3n) is 3.66. The Morgan fingerprint density at radius 3 is 2.33 bits per heavy atom. The molecular weight excluding hydrogens is 184 g/mol. The van der Waals surface area contributed by atoms with Crippen LogP contribution in [0.2, 0.25) is 0 Å². The molecule has 0 aromatic carbocycles. The van der Waals surface area contributed by atoms with Crippen molar-refractivity contribution in [2.24, 2.45) is 10.8 Å². The lowest BCUT2D eigenvalue weighted by atomic mass is 9.79. The monoisotopic (exact) mass is 208 g/mol. The summed E-state index contributed by atoms with van der Waals surface area (Å²) in [5.74, 6) is 0.455. The molecule has 0 radical (unpaired) electrons. The summed E-state index contributed by atoms with van der Waals surface area (Å²) in [6.45, 7) is 8.46. The van der Waals surface area contributed by atoms with E-state index in [4.69, 9.17) is 0 Å². The first-order valence-corrected chi connectivity index (χ1v) is 6.12. The molecule has 1 saturated carbocycles. The van der Waals surface area contributed by atoms with Gasteiger partial charge in [0.1, 0.15) is 5.78 Å². The lowest BCUT2D eigenvalue weighted by molar-refractivity contribution is -0.131. The van der Waals surface area contributed by atoms with E-state index in [1.165, 1.54) is 6.42 Å². The van der Waals surface area contributed by atoms with Crippen LogP contribution in [0.25, 0.3) is 0 Å². The normalized spacial score (nSPS) is 30.3. The van der Waals surface area contributed by atoms with Crippen LogP contribution in [-0.2, 0) is 4.79 Å². The molecule has 86 valence electrons. The molecule has 1 aliphatic carbocycles. The third-order valence-corrected chi connectivity index (χ3v) is 3.66. The maximum absolute atomic E-state index is 12.2. The minimum absolute atomic E-state index is 0.0895. The molecule has 0 spiro atoms. The average Bonchev–Trinajstić information content (AvgIpc) is 2.39. The van der Waals surface area contributed by atoms with Crippen molar-refractivity contribution in [2.75, 3.05) is 0 Å². The van der Waals surface area contributed by atoms with Crippen molar-refractivity contribution in [2.45, 2.75) is 59.8 Å². The summed E-state index contributed by atoms with van der Waals surface area (Å²) in [6, 6.07) is 0. The molecule has 1 aliphatic rings. The Bertz CT molecular complexity index is 263. The second-order valence-electron chi connectivity index (χ2n) is 5.74. The Hall–Kier alpha value is -0.590. The zero-order valence-corrected chi connectivity index (χ0v) is 10.6. The summed E-state index contributed by atoms with van der Waals surface area (Å²) in [5, 5.41) is 0. The van der Waals surface area contributed by atoms with E-state index in [-0.39, 0.29) is 10.8 Å². The van der Waals surface area contributed by atoms with Gasteiger partial charge in [-0.15, -0.1) is 0 Å². The highest BCUT2D eigenvalue weighted by molar-refractivity contribution is 5.91. The number of hydrogen-bond acceptors (Lipinski definition) is 1. The molecule has 0 N–H and O–H groups in total. The van der Waals surface area contributed by atoms with Crippen LogP contribution in [-0.4, -0.2) is 5.78 Å². The Labute approximate surface area is 93.9 Å². The molecular formula is C14H24O. The maximum Gasteiger partial charge on any atom is 0.144 e. The lowest BCUT2D eigenvalue weighted by Crippen LogP contribution is -2.29. The van der Waals surface area contributed by atoms with Crippen molar-refractivity contribution in [1.82, 2.24) is 0 Å².